The summed E-state index contributed by atoms with van der Waals surface area (Å²) in [5.74, 6) is 0.441. The summed E-state index contributed by atoms with van der Waals surface area (Å²) in [6.45, 7) is 0. The van der Waals surface area contributed by atoms with Crippen LogP contribution >= 0.6 is 8.60 Å². The molecule has 0 aromatic heterocycles. The molecule has 0 spiro atoms. The summed E-state index contributed by atoms with van der Waals surface area (Å²) >= 11 is 0. The van der Waals surface area contributed by atoms with E-state index in [4.69, 9.17) is 14.3 Å². The molecule has 3 aromatic carbocycles. The van der Waals surface area contributed by atoms with E-state index >= 15 is 0 Å². The Labute approximate surface area is 130 Å². The summed E-state index contributed by atoms with van der Waals surface area (Å²) in [6, 6.07) is 25.5. The van der Waals surface area contributed by atoms with Crippen LogP contribution < -0.4 is 4.52 Å². The Kier molecular flexibility index (Phi) is 4.50. The third kappa shape index (κ3) is 3.52. The first-order valence-corrected chi connectivity index (χ1v) is 8.01. The topological polar surface area (TPSA) is 49.7 Å². The Hall–Kier alpha value is -2.19. The van der Waals surface area contributed by atoms with Crippen molar-refractivity contribution in [3.8, 4) is 28.0 Å². The van der Waals surface area contributed by atoms with Gasteiger partial charge in [-0.1, -0.05) is 60.7 Å². The highest BCUT2D eigenvalue weighted by molar-refractivity contribution is 7.39. The molecule has 0 amide bonds. The molecule has 0 saturated heterocycles. The van der Waals surface area contributed by atoms with Crippen molar-refractivity contribution in [2.24, 2.45) is 0 Å². The fourth-order valence-electron chi connectivity index (χ4n) is 2.34. The fraction of sp³-hybridized carbons (Fsp3) is 0. The summed E-state index contributed by atoms with van der Waals surface area (Å²) in [5.41, 5.74) is 4.03. The van der Waals surface area contributed by atoms with Gasteiger partial charge in [-0.25, -0.2) is 0 Å². The maximum absolute atomic E-state index is 9.13. The quantitative estimate of drug-likeness (QED) is 0.692. The van der Waals surface area contributed by atoms with Gasteiger partial charge in [0, 0.05) is 0 Å². The van der Waals surface area contributed by atoms with Crippen molar-refractivity contribution < 1.29 is 14.3 Å². The fourth-order valence-corrected chi connectivity index (χ4v) is 2.63. The first-order chi connectivity index (χ1) is 10.7. The van der Waals surface area contributed by atoms with Gasteiger partial charge in [0.05, 0.1) is 0 Å². The molecule has 3 rings (SSSR count). The van der Waals surface area contributed by atoms with Gasteiger partial charge in [0.25, 0.3) is 0 Å². The first-order valence-electron chi connectivity index (χ1n) is 6.84. The number of hydrogen-bond donors (Lipinski definition) is 2. The lowest BCUT2D eigenvalue weighted by atomic mass is 9.99. The Morgan fingerprint density at radius 3 is 1.45 bits per heavy atom. The normalized spacial score (nSPS) is 10.7. The molecule has 0 aliphatic rings. The summed E-state index contributed by atoms with van der Waals surface area (Å²) in [4.78, 5) is 18.3. The van der Waals surface area contributed by atoms with Crippen LogP contribution in [0.2, 0.25) is 0 Å². The van der Waals surface area contributed by atoms with Crippen molar-refractivity contribution in [3.05, 3.63) is 78.9 Å². The van der Waals surface area contributed by atoms with Gasteiger partial charge in [-0.15, -0.1) is 0 Å². The monoisotopic (exact) mass is 310 g/mol. The van der Waals surface area contributed by atoms with Crippen LogP contribution in [0.15, 0.2) is 78.9 Å². The second-order valence-electron chi connectivity index (χ2n) is 4.82. The summed E-state index contributed by atoms with van der Waals surface area (Å²) < 4.78 is 5.11. The van der Waals surface area contributed by atoms with E-state index in [0.29, 0.717) is 5.75 Å². The van der Waals surface area contributed by atoms with Gasteiger partial charge in [0.15, 0.2) is 0 Å². The standard InChI is InChI=1S/C18H15O3P/c19-22(20)21-18-12-16(14-7-3-1-4-8-14)11-17(13-18)15-9-5-2-6-10-15/h1-13,19-20H. The van der Waals surface area contributed by atoms with E-state index in [-0.39, 0.29) is 0 Å². The van der Waals surface area contributed by atoms with E-state index in [1.807, 2.05) is 72.8 Å². The smallest absolute Gasteiger partial charge is 0.391 e. The van der Waals surface area contributed by atoms with Crippen LogP contribution in [0.3, 0.4) is 0 Å². The number of benzene rings is 3. The average molecular weight is 310 g/mol. The summed E-state index contributed by atoms with van der Waals surface area (Å²) in [5, 5.41) is 0. The highest BCUT2D eigenvalue weighted by Gasteiger charge is 2.09. The molecule has 0 saturated carbocycles. The maximum atomic E-state index is 9.13. The van der Waals surface area contributed by atoms with Gasteiger partial charge in [-0.2, -0.15) is 0 Å². The Morgan fingerprint density at radius 1 is 0.591 bits per heavy atom. The van der Waals surface area contributed by atoms with Crippen LogP contribution in [0.5, 0.6) is 5.75 Å². The number of rotatable bonds is 4. The van der Waals surface area contributed by atoms with Gasteiger partial charge in [-0.05, 0) is 40.5 Å². The predicted octanol–water partition coefficient (Wildman–Crippen LogP) is 4.61. The SMILES string of the molecule is OP(O)Oc1cc(-c2ccccc2)cc(-c2ccccc2)c1. The highest BCUT2D eigenvalue weighted by Crippen LogP contribution is 2.36. The molecule has 3 aromatic rings. The molecule has 2 N–H and O–H groups in total. The van der Waals surface area contributed by atoms with E-state index in [2.05, 4.69) is 6.07 Å². The Bertz CT molecular complexity index is 685. The second-order valence-corrected chi connectivity index (χ2v) is 5.51. The maximum Gasteiger partial charge on any atom is 0.391 e. The molecule has 0 radical (unpaired) electrons. The van der Waals surface area contributed by atoms with Crippen molar-refractivity contribution in [2.75, 3.05) is 0 Å². The van der Waals surface area contributed by atoms with Gasteiger partial charge >= 0.3 is 8.60 Å². The molecule has 0 fully saturated rings. The minimum Gasteiger partial charge on any atom is -0.427 e. The van der Waals surface area contributed by atoms with E-state index in [1.54, 1.807) is 0 Å². The molecule has 0 unspecified atom stereocenters. The van der Waals surface area contributed by atoms with Crippen molar-refractivity contribution in [1.82, 2.24) is 0 Å². The molecular weight excluding hydrogens is 295 g/mol. The molecule has 0 aliphatic heterocycles. The molecule has 4 heteroatoms. The van der Waals surface area contributed by atoms with E-state index < -0.39 is 8.60 Å². The van der Waals surface area contributed by atoms with E-state index in [9.17, 15) is 0 Å². The Morgan fingerprint density at radius 2 is 1.05 bits per heavy atom. The van der Waals surface area contributed by atoms with Crippen LogP contribution in [0, 0.1) is 0 Å². The van der Waals surface area contributed by atoms with Gasteiger partial charge in [0.2, 0.25) is 0 Å². The van der Waals surface area contributed by atoms with Crippen LogP contribution in [0.25, 0.3) is 22.3 Å². The minimum atomic E-state index is -2.44. The molecule has 0 heterocycles. The zero-order chi connectivity index (χ0) is 15.4. The first kappa shape index (κ1) is 14.7. The van der Waals surface area contributed by atoms with E-state index in [0.717, 1.165) is 22.3 Å². The highest BCUT2D eigenvalue weighted by atomic mass is 31.2. The van der Waals surface area contributed by atoms with Crippen molar-refractivity contribution >= 4 is 8.60 Å². The lowest BCUT2D eigenvalue weighted by Crippen LogP contribution is -1.88. The van der Waals surface area contributed by atoms with E-state index in [1.165, 1.54) is 0 Å². The van der Waals surface area contributed by atoms with Gasteiger partial charge in [-0.3, -0.25) is 0 Å². The summed E-state index contributed by atoms with van der Waals surface area (Å²) in [7, 11) is -2.44. The molecule has 3 nitrogen and oxygen atoms in total. The molecule has 0 atom stereocenters. The lowest BCUT2D eigenvalue weighted by Gasteiger charge is -2.11. The van der Waals surface area contributed by atoms with Gasteiger partial charge in [0.1, 0.15) is 5.75 Å². The van der Waals surface area contributed by atoms with Crippen LogP contribution in [-0.2, 0) is 0 Å². The zero-order valence-corrected chi connectivity index (χ0v) is 12.6. The van der Waals surface area contributed by atoms with Crippen LogP contribution in [-0.4, -0.2) is 9.79 Å². The zero-order valence-electron chi connectivity index (χ0n) is 11.8. The average Bonchev–Trinajstić information content (AvgIpc) is 2.55. The lowest BCUT2D eigenvalue weighted by molar-refractivity contribution is 0.375. The van der Waals surface area contributed by atoms with Crippen molar-refractivity contribution in [3.63, 3.8) is 0 Å². The molecular formula is C18H15O3P. The molecule has 22 heavy (non-hydrogen) atoms. The third-order valence-corrected chi connectivity index (χ3v) is 3.68. The summed E-state index contributed by atoms with van der Waals surface area (Å²) in [6.07, 6.45) is 0. The minimum absolute atomic E-state index is 0.441. The van der Waals surface area contributed by atoms with Crippen LogP contribution in [0.4, 0.5) is 0 Å². The molecule has 110 valence electrons. The predicted molar refractivity (Wildman–Crippen MR) is 89.3 cm³/mol. The largest absolute Gasteiger partial charge is 0.427 e. The van der Waals surface area contributed by atoms with Crippen molar-refractivity contribution in [2.45, 2.75) is 0 Å². The Balaban J connectivity index is 2.10. The van der Waals surface area contributed by atoms with Crippen LogP contribution in [0.1, 0.15) is 0 Å². The number of hydrogen-bond acceptors (Lipinski definition) is 3. The third-order valence-electron chi connectivity index (χ3n) is 3.31. The van der Waals surface area contributed by atoms with Crippen molar-refractivity contribution in [1.29, 1.82) is 0 Å². The molecule has 0 bridgehead atoms. The molecule has 0 aliphatic carbocycles. The second kappa shape index (κ2) is 6.71. The van der Waals surface area contributed by atoms with Gasteiger partial charge < -0.3 is 14.3 Å².